The lowest BCUT2D eigenvalue weighted by molar-refractivity contribution is -0.351. The zero-order valence-corrected chi connectivity index (χ0v) is 25.1. The van der Waals surface area contributed by atoms with Crippen LogP contribution in [0.2, 0.25) is 0 Å². The van der Waals surface area contributed by atoms with Crippen molar-refractivity contribution >= 4 is 23.7 Å². The van der Waals surface area contributed by atoms with Crippen LogP contribution in [0.4, 0.5) is 0 Å². The minimum Gasteiger partial charge on any atom is -0.455 e. The maximum atomic E-state index is 14.6. The van der Waals surface area contributed by atoms with Gasteiger partial charge in [-0.05, 0) is 37.0 Å². The Morgan fingerprint density at radius 2 is 1.67 bits per heavy atom. The molecule has 2 saturated carbocycles. The molecule has 4 aliphatic rings. The van der Waals surface area contributed by atoms with Gasteiger partial charge in [-0.1, -0.05) is 45.9 Å². The Kier molecular flexibility index (Phi) is 7.23. The number of hydrogen-bond donors (Lipinski definition) is 2. The van der Waals surface area contributed by atoms with Crippen LogP contribution in [-0.4, -0.2) is 76.1 Å². The molecule has 42 heavy (non-hydrogen) atoms. The van der Waals surface area contributed by atoms with Gasteiger partial charge in [0.2, 0.25) is 5.78 Å². The molecule has 0 spiro atoms. The molecule has 5 rings (SSSR count). The molecule has 2 bridgehead atoms. The van der Waals surface area contributed by atoms with Crippen LogP contribution in [0.15, 0.2) is 41.5 Å². The maximum Gasteiger partial charge on any atom is 0.338 e. The molecular formula is C32H40O10. The summed E-state index contributed by atoms with van der Waals surface area (Å²) in [6.45, 7) is 11.0. The largest absolute Gasteiger partial charge is 0.455 e. The Labute approximate surface area is 245 Å². The highest BCUT2D eigenvalue weighted by atomic mass is 16.6. The van der Waals surface area contributed by atoms with Crippen molar-refractivity contribution in [3.8, 4) is 0 Å². The minimum atomic E-state index is -2.02. The Morgan fingerprint density at radius 3 is 2.21 bits per heavy atom. The fraction of sp³-hybridized carbons (Fsp3) is 0.625. The number of esters is 3. The third kappa shape index (κ3) is 4.09. The van der Waals surface area contributed by atoms with Crippen molar-refractivity contribution in [2.45, 2.75) is 96.9 Å². The number of Topliss-reactive ketones (excluding diaryl/α,β-unsaturated/α-hetero) is 1. The van der Waals surface area contributed by atoms with Crippen LogP contribution in [0.5, 0.6) is 0 Å². The second-order valence-electron chi connectivity index (χ2n) is 13.2. The molecule has 0 amide bonds. The smallest absolute Gasteiger partial charge is 0.338 e. The van der Waals surface area contributed by atoms with E-state index in [0.717, 1.165) is 0 Å². The number of ether oxygens (including phenoxy) is 4. The molecule has 3 aliphatic carbocycles. The molecule has 10 heteroatoms. The van der Waals surface area contributed by atoms with Gasteiger partial charge < -0.3 is 29.2 Å². The highest BCUT2D eigenvalue weighted by Gasteiger charge is 2.77. The molecule has 1 aromatic rings. The second-order valence-corrected chi connectivity index (χ2v) is 13.2. The number of carbonyl (C=O) groups is 4. The predicted molar refractivity (Wildman–Crippen MR) is 148 cm³/mol. The van der Waals surface area contributed by atoms with Gasteiger partial charge in [0, 0.05) is 36.7 Å². The number of hydrogen-bond acceptors (Lipinski definition) is 10. The lowest BCUT2D eigenvalue weighted by atomic mass is 9.43. The van der Waals surface area contributed by atoms with E-state index < -0.39 is 76.1 Å². The average molecular weight is 585 g/mol. The maximum absolute atomic E-state index is 14.6. The van der Waals surface area contributed by atoms with E-state index in [-0.39, 0.29) is 30.1 Å². The lowest BCUT2D eigenvalue weighted by Crippen LogP contribution is -2.81. The summed E-state index contributed by atoms with van der Waals surface area (Å²) in [6.07, 6.45) is -4.62. The van der Waals surface area contributed by atoms with Crippen LogP contribution in [-0.2, 0) is 33.3 Å². The molecule has 1 saturated heterocycles. The van der Waals surface area contributed by atoms with Crippen LogP contribution in [0.25, 0.3) is 0 Å². The third-order valence-electron chi connectivity index (χ3n) is 10.7. The molecule has 3 fully saturated rings. The number of rotatable bonds is 4. The van der Waals surface area contributed by atoms with E-state index in [1.54, 1.807) is 58.0 Å². The quantitative estimate of drug-likeness (QED) is 0.400. The molecule has 0 aromatic heterocycles. The normalized spacial score (nSPS) is 40.4. The van der Waals surface area contributed by atoms with Crippen molar-refractivity contribution in [1.29, 1.82) is 0 Å². The van der Waals surface area contributed by atoms with E-state index >= 15 is 0 Å². The van der Waals surface area contributed by atoms with Gasteiger partial charge in [-0.25, -0.2) is 4.79 Å². The number of aliphatic hydroxyl groups is 2. The van der Waals surface area contributed by atoms with Crippen molar-refractivity contribution in [2.75, 3.05) is 6.61 Å². The highest BCUT2D eigenvalue weighted by Crippen LogP contribution is 2.66. The SMILES string of the molecule is CC(=O)O[C@@H]1C(=O)C2=C(C)[C@@H](O)C[C@@](O)([C@@H](OC(=O)c3ccccc3)[C@@H]3[C@]4(OC(C)=O)CO[C@@H]4C[C@H](C)[C@@]13C)C2(C)C. The van der Waals surface area contributed by atoms with Crippen molar-refractivity contribution in [2.24, 2.45) is 22.7 Å². The van der Waals surface area contributed by atoms with Gasteiger partial charge in [0.15, 0.2) is 11.7 Å². The van der Waals surface area contributed by atoms with E-state index in [2.05, 4.69) is 0 Å². The first-order valence-corrected chi connectivity index (χ1v) is 14.4. The fourth-order valence-electron chi connectivity index (χ4n) is 8.27. The molecule has 1 heterocycles. The Hall–Kier alpha value is -3.08. The van der Waals surface area contributed by atoms with Gasteiger partial charge in [0.25, 0.3) is 0 Å². The number of carbonyl (C=O) groups excluding carboxylic acids is 4. The zero-order valence-electron chi connectivity index (χ0n) is 25.1. The summed E-state index contributed by atoms with van der Waals surface area (Å²) in [5.74, 6) is -4.06. The average Bonchev–Trinajstić information content (AvgIpc) is 2.90. The van der Waals surface area contributed by atoms with E-state index in [4.69, 9.17) is 18.9 Å². The monoisotopic (exact) mass is 584 g/mol. The Bertz CT molecular complexity index is 1350. The summed E-state index contributed by atoms with van der Waals surface area (Å²) in [4.78, 5) is 53.7. The lowest BCUT2D eigenvalue weighted by Gasteiger charge is -2.68. The van der Waals surface area contributed by atoms with Crippen molar-refractivity contribution in [3.05, 3.63) is 47.0 Å². The summed E-state index contributed by atoms with van der Waals surface area (Å²) in [6, 6.07) is 8.27. The summed E-state index contributed by atoms with van der Waals surface area (Å²) in [7, 11) is 0. The van der Waals surface area contributed by atoms with E-state index in [0.29, 0.717) is 12.0 Å². The van der Waals surface area contributed by atoms with Crippen molar-refractivity contribution in [1.82, 2.24) is 0 Å². The van der Waals surface area contributed by atoms with Gasteiger partial charge >= 0.3 is 17.9 Å². The molecule has 2 N–H and O–H groups in total. The zero-order chi connectivity index (χ0) is 31.0. The van der Waals surface area contributed by atoms with Crippen molar-refractivity contribution in [3.63, 3.8) is 0 Å². The van der Waals surface area contributed by atoms with E-state index in [1.807, 2.05) is 6.92 Å². The summed E-state index contributed by atoms with van der Waals surface area (Å²) < 4.78 is 24.2. The molecule has 1 aliphatic heterocycles. The molecule has 0 radical (unpaired) electrons. The van der Waals surface area contributed by atoms with Gasteiger partial charge in [0.1, 0.15) is 17.8 Å². The standard InChI is InChI=1S/C32H40O10/c1-16-13-22-31(15-39-22,42-19(4)34)25-27(41-28(37)20-11-9-8-10-12-20)32(38)14-21(35)17(2)23(29(32,5)6)24(36)26(30(16,25)7)40-18(3)33/h8-12,16,21-22,25-27,35,38H,13-15H2,1-7H3/t16-,21-,22+,25-,26+,27-,30+,31-,32+/m0/s1. The van der Waals surface area contributed by atoms with Gasteiger partial charge in [0.05, 0.1) is 24.2 Å². The molecule has 10 nitrogen and oxygen atoms in total. The number of ketones is 1. The van der Waals surface area contributed by atoms with Crippen LogP contribution < -0.4 is 0 Å². The first-order valence-electron chi connectivity index (χ1n) is 14.4. The van der Waals surface area contributed by atoms with Crippen LogP contribution >= 0.6 is 0 Å². The summed E-state index contributed by atoms with van der Waals surface area (Å²) >= 11 is 0. The first-order chi connectivity index (χ1) is 19.5. The Balaban J connectivity index is 1.85. The van der Waals surface area contributed by atoms with Crippen LogP contribution in [0, 0.1) is 22.7 Å². The second kappa shape index (κ2) is 9.99. The summed E-state index contributed by atoms with van der Waals surface area (Å²) in [5, 5.41) is 24.1. The summed E-state index contributed by atoms with van der Waals surface area (Å²) in [5.41, 5.74) is -5.44. The topological polar surface area (TPSA) is 146 Å². The Morgan fingerprint density at radius 1 is 1.02 bits per heavy atom. The van der Waals surface area contributed by atoms with E-state index in [9.17, 15) is 29.4 Å². The third-order valence-corrected chi connectivity index (χ3v) is 10.7. The number of benzene rings is 1. The van der Waals surface area contributed by atoms with Gasteiger partial charge in [-0.15, -0.1) is 0 Å². The minimum absolute atomic E-state index is 0.0780. The molecule has 9 atom stereocenters. The molecular weight excluding hydrogens is 544 g/mol. The fourth-order valence-corrected chi connectivity index (χ4v) is 8.27. The van der Waals surface area contributed by atoms with Gasteiger partial charge in [-0.2, -0.15) is 0 Å². The van der Waals surface area contributed by atoms with Crippen LogP contribution in [0.1, 0.15) is 71.7 Å². The molecule has 228 valence electrons. The predicted octanol–water partition coefficient (Wildman–Crippen LogP) is 2.93. The number of fused-ring (bicyclic) bond motifs is 5. The van der Waals surface area contributed by atoms with Crippen molar-refractivity contribution < 1.29 is 48.3 Å². The molecule has 0 unspecified atom stereocenters. The van der Waals surface area contributed by atoms with Gasteiger partial charge in [-0.3, -0.25) is 14.4 Å². The van der Waals surface area contributed by atoms with Crippen LogP contribution in [0.3, 0.4) is 0 Å². The van der Waals surface area contributed by atoms with E-state index in [1.165, 1.54) is 13.8 Å². The first kappa shape index (κ1) is 30.4. The molecule has 1 aromatic carbocycles. The number of aliphatic hydroxyl groups excluding tert-OH is 1. The highest BCUT2D eigenvalue weighted by molar-refractivity contribution is 6.03.